The second kappa shape index (κ2) is 28.8. The smallest absolute Gasteiger partial charge is 0.408 e. The molecular formula is C48H78N2O14. The summed E-state index contributed by atoms with van der Waals surface area (Å²) in [5.74, 6) is 0.828. The van der Waals surface area contributed by atoms with Crippen LogP contribution < -0.4 is 29.6 Å². The summed E-state index contributed by atoms with van der Waals surface area (Å²) in [6.45, 7) is 20.8. The van der Waals surface area contributed by atoms with E-state index in [1.165, 1.54) is 0 Å². The number of ether oxygens (including phenoxy) is 8. The molecule has 16 nitrogen and oxygen atoms in total. The number of carboxylic acids is 2. The molecule has 2 rings (SSSR count). The highest BCUT2D eigenvalue weighted by Gasteiger charge is 2.30. The molecule has 0 aliphatic heterocycles. The first-order valence-electron chi connectivity index (χ1n) is 21.9. The van der Waals surface area contributed by atoms with Gasteiger partial charge in [-0.2, -0.15) is 0 Å². The third kappa shape index (κ3) is 23.6. The summed E-state index contributed by atoms with van der Waals surface area (Å²) in [5.41, 5.74) is 0.612. The van der Waals surface area contributed by atoms with Crippen molar-refractivity contribution in [2.45, 2.75) is 131 Å². The van der Waals surface area contributed by atoms with Crippen LogP contribution in [0.5, 0.6) is 23.0 Å². The van der Waals surface area contributed by atoms with Crippen LogP contribution in [0.4, 0.5) is 9.59 Å². The minimum absolute atomic E-state index is 0.0146. The normalized spacial score (nSPS) is 13.4. The van der Waals surface area contributed by atoms with Gasteiger partial charge in [0.15, 0.2) is 23.0 Å². The molecule has 0 fully saturated rings. The molecule has 4 atom stereocenters. The number of rotatable bonds is 26. The molecule has 0 saturated heterocycles. The molecule has 64 heavy (non-hydrogen) atoms. The van der Waals surface area contributed by atoms with Crippen LogP contribution in [0.15, 0.2) is 36.4 Å². The van der Waals surface area contributed by atoms with E-state index in [-0.39, 0.29) is 36.5 Å². The Hall–Kier alpha value is -4.96. The van der Waals surface area contributed by atoms with Gasteiger partial charge < -0.3 is 58.7 Å². The summed E-state index contributed by atoms with van der Waals surface area (Å²) >= 11 is 0. The zero-order valence-electron chi connectivity index (χ0n) is 40.8. The van der Waals surface area contributed by atoms with Crippen molar-refractivity contribution in [3.8, 4) is 23.0 Å². The number of hydrogen-bond donors (Lipinski definition) is 4. The number of carboxylic acid groups (broad SMARTS) is 2. The zero-order valence-corrected chi connectivity index (χ0v) is 40.8. The Bertz CT molecular complexity index is 1580. The fourth-order valence-electron chi connectivity index (χ4n) is 6.43. The minimum Gasteiger partial charge on any atom is -0.493 e. The maximum absolute atomic E-state index is 12.1. The quantitative estimate of drug-likeness (QED) is 0.0653. The molecule has 2 aromatic rings. The van der Waals surface area contributed by atoms with Gasteiger partial charge >= 0.3 is 24.1 Å². The first-order chi connectivity index (χ1) is 29.9. The van der Waals surface area contributed by atoms with Gasteiger partial charge in [0.1, 0.15) is 23.3 Å². The largest absolute Gasteiger partial charge is 0.493 e. The second-order valence-corrected chi connectivity index (χ2v) is 18.3. The van der Waals surface area contributed by atoms with E-state index in [9.17, 15) is 29.4 Å². The maximum atomic E-state index is 12.1. The number of hydrogen-bond acceptors (Lipinski definition) is 12. The molecular weight excluding hydrogens is 829 g/mol. The summed E-state index contributed by atoms with van der Waals surface area (Å²) in [4.78, 5) is 47.8. The van der Waals surface area contributed by atoms with E-state index in [1.54, 1.807) is 70.0 Å². The summed E-state index contributed by atoms with van der Waals surface area (Å²) in [6.07, 6.45) is 1.88. The van der Waals surface area contributed by atoms with Crippen LogP contribution >= 0.6 is 0 Å². The lowest BCUT2D eigenvalue weighted by atomic mass is 9.84. The molecule has 0 spiro atoms. The van der Waals surface area contributed by atoms with Crippen LogP contribution in [0, 0.1) is 23.7 Å². The molecule has 0 aromatic heterocycles. The highest BCUT2D eigenvalue weighted by molar-refractivity contribution is 5.80. The number of carbonyl (C=O) groups is 4. The summed E-state index contributed by atoms with van der Waals surface area (Å²) in [7, 11) is 6.48. The van der Waals surface area contributed by atoms with E-state index in [4.69, 9.17) is 37.9 Å². The average molecular weight is 907 g/mol. The third-order valence-corrected chi connectivity index (χ3v) is 9.89. The monoisotopic (exact) mass is 907 g/mol. The molecule has 0 saturated carbocycles. The van der Waals surface area contributed by atoms with Crippen molar-refractivity contribution in [3.63, 3.8) is 0 Å². The van der Waals surface area contributed by atoms with Gasteiger partial charge in [-0.05, 0) is 126 Å². The maximum Gasteiger partial charge on any atom is 0.408 e. The number of methoxy groups -OCH3 is 4. The Morgan fingerprint density at radius 3 is 1.16 bits per heavy atom. The van der Waals surface area contributed by atoms with Gasteiger partial charge in [-0.15, -0.1) is 0 Å². The van der Waals surface area contributed by atoms with Gasteiger partial charge in [0.05, 0.1) is 27.4 Å². The van der Waals surface area contributed by atoms with Gasteiger partial charge in [-0.3, -0.25) is 0 Å². The third-order valence-electron chi connectivity index (χ3n) is 9.89. The van der Waals surface area contributed by atoms with E-state index in [0.717, 1.165) is 24.0 Å². The fraction of sp³-hybridized carbons (Fsp3) is 0.667. The number of benzene rings is 2. The predicted octanol–water partition coefficient (Wildman–Crippen LogP) is 8.59. The predicted molar refractivity (Wildman–Crippen MR) is 245 cm³/mol. The second-order valence-electron chi connectivity index (χ2n) is 18.3. The number of carbonyl (C=O) groups excluding carboxylic acids is 2. The summed E-state index contributed by atoms with van der Waals surface area (Å²) < 4.78 is 43.1. The van der Waals surface area contributed by atoms with Crippen molar-refractivity contribution in [2.75, 3.05) is 54.9 Å². The van der Waals surface area contributed by atoms with Crippen LogP contribution in [0.25, 0.3) is 0 Å². The van der Waals surface area contributed by atoms with Crippen molar-refractivity contribution in [1.29, 1.82) is 0 Å². The zero-order chi connectivity index (χ0) is 48.6. The number of alkyl carbamates (subject to hydrolysis) is 2. The van der Waals surface area contributed by atoms with Crippen molar-refractivity contribution < 1.29 is 67.3 Å². The molecule has 0 radical (unpaired) electrons. The molecule has 0 unspecified atom stereocenters. The van der Waals surface area contributed by atoms with Crippen LogP contribution in [0.2, 0.25) is 0 Å². The Labute approximate surface area is 381 Å². The SMILES string of the molecule is COCCCOc1cc(C[C@@H](C[C@H](NC(=O)OC(C)(C)C)C(=O)O)C(C)C)ccc1OC.COCCCOc1cc(C[C@@H](C[C@H](NC(=O)OC(C)(C)C)C(=O)O)C(C)C)ccc1OC. The Balaban J connectivity index is 0.000000640. The van der Waals surface area contributed by atoms with Crippen molar-refractivity contribution in [3.05, 3.63) is 47.5 Å². The topological polar surface area (TPSA) is 207 Å². The van der Waals surface area contributed by atoms with Gasteiger partial charge in [0.25, 0.3) is 0 Å². The molecule has 16 heteroatoms. The van der Waals surface area contributed by atoms with E-state index in [1.807, 2.05) is 64.1 Å². The Kier molecular flexibility index (Phi) is 25.6. The average Bonchev–Trinajstić information content (AvgIpc) is 3.18. The summed E-state index contributed by atoms with van der Waals surface area (Å²) in [6, 6.07) is 9.38. The Morgan fingerprint density at radius 2 is 0.891 bits per heavy atom. The van der Waals surface area contributed by atoms with Gasteiger partial charge in [0.2, 0.25) is 0 Å². The highest BCUT2D eigenvalue weighted by Crippen LogP contribution is 2.33. The van der Waals surface area contributed by atoms with Crippen LogP contribution in [-0.4, -0.2) is 112 Å². The van der Waals surface area contributed by atoms with Crippen LogP contribution in [0.1, 0.15) is 106 Å². The molecule has 0 aliphatic carbocycles. The highest BCUT2D eigenvalue weighted by atomic mass is 16.6. The van der Waals surface area contributed by atoms with Crippen molar-refractivity contribution in [1.82, 2.24) is 10.6 Å². The van der Waals surface area contributed by atoms with Gasteiger partial charge in [-0.1, -0.05) is 39.8 Å². The fourth-order valence-corrected chi connectivity index (χ4v) is 6.43. The van der Waals surface area contributed by atoms with E-state index in [2.05, 4.69) is 10.6 Å². The van der Waals surface area contributed by atoms with Gasteiger partial charge in [0, 0.05) is 40.3 Å². The van der Waals surface area contributed by atoms with Crippen molar-refractivity contribution in [2.24, 2.45) is 23.7 Å². The lowest BCUT2D eigenvalue weighted by Gasteiger charge is -2.26. The van der Waals surface area contributed by atoms with E-state index in [0.29, 0.717) is 62.3 Å². The first-order valence-corrected chi connectivity index (χ1v) is 21.9. The Morgan fingerprint density at radius 1 is 0.547 bits per heavy atom. The van der Waals surface area contributed by atoms with Crippen molar-refractivity contribution >= 4 is 24.1 Å². The molecule has 0 bridgehead atoms. The lowest BCUT2D eigenvalue weighted by molar-refractivity contribution is -0.141. The van der Waals surface area contributed by atoms with Crippen LogP contribution in [-0.2, 0) is 41.4 Å². The van der Waals surface area contributed by atoms with Crippen LogP contribution in [0.3, 0.4) is 0 Å². The number of amides is 2. The summed E-state index contributed by atoms with van der Waals surface area (Å²) in [5, 5.41) is 24.3. The van der Waals surface area contributed by atoms with E-state index >= 15 is 0 Å². The molecule has 0 heterocycles. The molecule has 0 aliphatic rings. The molecule has 2 aromatic carbocycles. The number of aliphatic carboxylic acids is 2. The molecule has 2 amide bonds. The van der Waals surface area contributed by atoms with E-state index < -0.39 is 47.4 Å². The first kappa shape index (κ1) is 57.1. The minimum atomic E-state index is -1.08. The van der Waals surface area contributed by atoms with Gasteiger partial charge in [-0.25, -0.2) is 19.2 Å². The molecule has 4 N–H and O–H groups in total. The molecule has 364 valence electrons. The lowest BCUT2D eigenvalue weighted by Crippen LogP contribution is -2.45. The standard InChI is InChI=1S/2C24H39NO7/c2*1-16(2)18(15-19(22(26)27)25-23(28)32-24(3,4)5)13-17-9-10-20(30-7)21(14-17)31-12-8-11-29-6/h2*9-10,14,16,18-19H,8,11-13,15H2,1-7H3,(H,25,28)(H,26,27)/t2*18-,19-/m00/s1. The number of nitrogens with one attached hydrogen (secondary N) is 2.